The molecule has 0 saturated heterocycles. The molecule has 1 rings (SSSR count). The molecule has 0 spiro atoms. The number of carboxylic acid groups (broad SMARTS) is 1. The van der Waals surface area contributed by atoms with Gasteiger partial charge in [0.15, 0.2) is 0 Å². The molecule has 5 heteroatoms. The Hall–Kier alpha value is -1.62. The first-order valence-corrected chi connectivity index (χ1v) is 5.50. The van der Waals surface area contributed by atoms with Gasteiger partial charge in [0.2, 0.25) is 0 Å². The van der Waals surface area contributed by atoms with Gasteiger partial charge in [0.1, 0.15) is 5.75 Å². The summed E-state index contributed by atoms with van der Waals surface area (Å²) in [5.74, 6) is -0.0784. The standard InChI is InChI=1S/C12H18N2O3/c1-4-14(8-12(15)16)7-10-6-11(17-3)5-9(2)13-10/h5-6H,4,7-8H2,1-3H3,(H,15,16). The molecule has 0 aliphatic carbocycles. The molecule has 0 aliphatic heterocycles. The van der Waals surface area contributed by atoms with Gasteiger partial charge < -0.3 is 9.84 Å². The second-order valence-electron chi connectivity index (χ2n) is 3.84. The van der Waals surface area contributed by atoms with Gasteiger partial charge in [-0.2, -0.15) is 0 Å². The van der Waals surface area contributed by atoms with Crippen molar-refractivity contribution in [1.29, 1.82) is 0 Å². The SMILES string of the molecule is CCN(CC(=O)O)Cc1cc(OC)cc(C)n1. The van der Waals surface area contributed by atoms with Crippen LogP contribution in [0.2, 0.25) is 0 Å². The van der Waals surface area contributed by atoms with Crippen LogP contribution in [0.5, 0.6) is 5.75 Å². The second kappa shape index (κ2) is 6.20. The van der Waals surface area contributed by atoms with E-state index in [1.807, 2.05) is 30.9 Å². The van der Waals surface area contributed by atoms with Gasteiger partial charge in [0.25, 0.3) is 0 Å². The highest BCUT2D eigenvalue weighted by Crippen LogP contribution is 2.14. The maximum absolute atomic E-state index is 10.7. The Morgan fingerprint density at radius 2 is 2.24 bits per heavy atom. The first kappa shape index (κ1) is 13.4. The molecule has 1 aromatic heterocycles. The van der Waals surface area contributed by atoms with E-state index in [1.54, 1.807) is 7.11 Å². The van der Waals surface area contributed by atoms with Crippen LogP contribution in [-0.4, -0.2) is 41.2 Å². The van der Waals surface area contributed by atoms with Crippen LogP contribution in [0.1, 0.15) is 18.3 Å². The van der Waals surface area contributed by atoms with Crippen molar-refractivity contribution >= 4 is 5.97 Å². The van der Waals surface area contributed by atoms with Gasteiger partial charge >= 0.3 is 5.97 Å². The number of aliphatic carboxylic acids is 1. The van der Waals surface area contributed by atoms with Gasteiger partial charge in [-0.1, -0.05) is 6.92 Å². The van der Waals surface area contributed by atoms with E-state index in [-0.39, 0.29) is 6.54 Å². The third-order valence-electron chi connectivity index (χ3n) is 2.41. The minimum absolute atomic E-state index is 0.0223. The highest BCUT2D eigenvalue weighted by atomic mass is 16.5. The molecule has 0 saturated carbocycles. The van der Waals surface area contributed by atoms with Crippen molar-refractivity contribution in [3.8, 4) is 5.75 Å². The molecule has 1 aromatic rings. The summed E-state index contributed by atoms with van der Waals surface area (Å²) in [6, 6.07) is 3.68. The number of ether oxygens (including phenoxy) is 1. The molecule has 0 radical (unpaired) electrons. The Morgan fingerprint density at radius 1 is 1.53 bits per heavy atom. The van der Waals surface area contributed by atoms with E-state index in [2.05, 4.69) is 4.98 Å². The number of aromatic nitrogens is 1. The van der Waals surface area contributed by atoms with E-state index in [9.17, 15) is 4.79 Å². The molecule has 5 nitrogen and oxygen atoms in total. The van der Waals surface area contributed by atoms with Gasteiger partial charge in [-0.3, -0.25) is 14.7 Å². The summed E-state index contributed by atoms with van der Waals surface area (Å²) >= 11 is 0. The lowest BCUT2D eigenvalue weighted by molar-refractivity contribution is -0.138. The molecule has 0 fully saturated rings. The van der Waals surface area contributed by atoms with E-state index in [0.29, 0.717) is 13.1 Å². The maximum Gasteiger partial charge on any atom is 0.317 e. The predicted molar refractivity (Wildman–Crippen MR) is 64.1 cm³/mol. The first-order chi connectivity index (χ1) is 8.05. The number of carbonyl (C=O) groups is 1. The number of pyridine rings is 1. The first-order valence-electron chi connectivity index (χ1n) is 5.50. The third-order valence-corrected chi connectivity index (χ3v) is 2.41. The number of aryl methyl sites for hydroxylation is 1. The Bertz CT molecular complexity index is 393. The van der Waals surface area contributed by atoms with Crippen LogP contribution >= 0.6 is 0 Å². The lowest BCUT2D eigenvalue weighted by atomic mass is 10.2. The summed E-state index contributed by atoms with van der Waals surface area (Å²) in [5, 5.41) is 8.76. The average molecular weight is 238 g/mol. The Kier molecular flexibility index (Phi) is 4.90. The molecule has 1 heterocycles. The van der Waals surface area contributed by atoms with Crippen molar-refractivity contribution in [2.45, 2.75) is 20.4 Å². The largest absolute Gasteiger partial charge is 0.497 e. The number of hydrogen-bond acceptors (Lipinski definition) is 4. The minimum Gasteiger partial charge on any atom is -0.497 e. The van der Waals surface area contributed by atoms with Gasteiger partial charge in [-0.15, -0.1) is 0 Å². The fourth-order valence-corrected chi connectivity index (χ4v) is 1.60. The fraction of sp³-hybridized carbons (Fsp3) is 0.500. The molecule has 0 unspecified atom stereocenters. The van der Waals surface area contributed by atoms with E-state index in [4.69, 9.17) is 9.84 Å². The number of rotatable bonds is 6. The average Bonchev–Trinajstić information content (AvgIpc) is 2.26. The van der Waals surface area contributed by atoms with Gasteiger partial charge in [-0.05, 0) is 13.5 Å². The molecule has 17 heavy (non-hydrogen) atoms. The minimum atomic E-state index is -0.827. The molecule has 0 atom stereocenters. The van der Waals surface area contributed by atoms with Crippen molar-refractivity contribution in [2.75, 3.05) is 20.2 Å². The topological polar surface area (TPSA) is 62.7 Å². The number of hydrogen-bond donors (Lipinski definition) is 1. The second-order valence-corrected chi connectivity index (χ2v) is 3.84. The van der Waals surface area contributed by atoms with Crippen LogP contribution in [0.3, 0.4) is 0 Å². The van der Waals surface area contributed by atoms with Crippen molar-refractivity contribution in [3.63, 3.8) is 0 Å². The Morgan fingerprint density at radius 3 is 2.76 bits per heavy atom. The van der Waals surface area contributed by atoms with Crippen molar-refractivity contribution < 1.29 is 14.6 Å². The summed E-state index contributed by atoms with van der Waals surface area (Å²) in [6.07, 6.45) is 0. The maximum atomic E-state index is 10.7. The zero-order chi connectivity index (χ0) is 12.8. The zero-order valence-corrected chi connectivity index (χ0v) is 10.4. The summed E-state index contributed by atoms with van der Waals surface area (Å²) < 4.78 is 5.16. The number of nitrogens with zero attached hydrogens (tertiary/aromatic N) is 2. The van der Waals surface area contributed by atoms with Crippen LogP contribution < -0.4 is 4.74 Å². The quantitative estimate of drug-likeness (QED) is 0.809. The summed E-state index contributed by atoms with van der Waals surface area (Å²) in [6.45, 7) is 5.02. The van der Waals surface area contributed by atoms with Crippen LogP contribution in [0, 0.1) is 6.92 Å². The van der Waals surface area contributed by atoms with Crippen molar-refractivity contribution in [2.24, 2.45) is 0 Å². The van der Waals surface area contributed by atoms with Crippen LogP contribution in [0.25, 0.3) is 0 Å². The smallest absolute Gasteiger partial charge is 0.317 e. The summed E-state index contributed by atoms with van der Waals surface area (Å²) in [4.78, 5) is 16.8. The molecular formula is C12H18N2O3. The van der Waals surface area contributed by atoms with Crippen LogP contribution in [0.15, 0.2) is 12.1 Å². The van der Waals surface area contributed by atoms with E-state index >= 15 is 0 Å². The predicted octanol–water partition coefficient (Wildman–Crippen LogP) is 1.31. The van der Waals surface area contributed by atoms with E-state index in [1.165, 1.54) is 0 Å². The third kappa shape index (κ3) is 4.40. The molecular weight excluding hydrogens is 220 g/mol. The van der Waals surface area contributed by atoms with Crippen molar-refractivity contribution in [1.82, 2.24) is 9.88 Å². The molecule has 0 amide bonds. The lowest BCUT2D eigenvalue weighted by Crippen LogP contribution is -2.29. The molecule has 0 aliphatic rings. The summed E-state index contributed by atoms with van der Waals surface area (Å²) in [5.41, 5.74) is 1.69. The van der Waals surface area contributed by atoms with Gasteiger partial charge in [0.05, 0.1) is 19.3 Å². The number of likely N-dealkylation sites (N-methyl/N-ethyl adjacent to an activating group) is 1. The number of methoxy groups -OCH3 is 1. The molecule has 0 bridgehead atoms. The van der Waals surface area contributed by atoms with Gasteiger partial charge in [-0.25, -0.2) is 0 Å². The summed E-state index contributed by atoms with van der Waals surface area (Å²) in [7, 11) is 1.60. The highest BCUT2D eigenvalue weighted by Gasteiger charge is 2.10. The molecule has 0 aromatic carbocycles. The normalized spacial score (nSPS) is 10.6. The van der Waals surface area contributed by atoms with E-state index < -0.39 is 5.97 Å². The van der Waals surface area contributed by atoms with Crippen LogP contribution in [-0.2, 0) is 11.3 Å². The highest BCUT2D eigenvalue weighted by molar-refractivity contribution is 5.69. The number of carboxylic acids is 1. The Balaban J connectivity index is 2.78. The van der Waals surface area contributed by atoms with Crippen LogP contribution in [0.4, 0.5) is 0 Å². The lowest BCUT2D eigenvalue weighted by Gasteiger charge is -2.17. The van der Waals surface area contributed by atoms with Crippen molar-refractivity contribution in [3.05, 3.63) is 23.5 Å². The fourth-order valence-electron chi connectivity index (χ4n) is 1.60. The van der Waals surface area contributed by atoms with Gasteiger partial charge in [0, 0.05) is 24.4 Å². The molecule has 94 valence electrons. The van der Waals surface area contributed by atoms with E-state index in [0.717, 1.165) is 17.1 Å². The zero-order valence-electron chi connectivity index (χ0n) is 10.4. The monoisotopic (exact) mass is 238 g/mol. The molecule has 1 N–H and O–H groups in total. The Labute approximate surface area is 101 Å².